The molecule has 0 aliphatic heterocycles. The summed E-state index contributed by atoms with van der Waals surface area (Å²) < 4.78 is 13.6. The van der Waals surface area contributed by atoms with E-state index in [1.165, 1.54) is 11.6 Å². The number of carbonyl (C=O) groups is 1. The van der Waals surface area contributed by atoms with Gasteiger partial charge in [0.2, 0.25) is 0 Å². The second-order valence-electron chi connectivity index (χ2n) is 8.28. The number of aromatic amines is 1. The van der Waals surface area contributed by atoms with Gasteiger partial charge in [-0.25, -0.2) is 4.39 Å². The van der Waals surface area contributed by atoms with Gasteiger partial charge in [-0.1, -0.05) is 25.5 Å². The van der Waals surface area contributed by atoms with Crippen LogP contribution in [0.4, 0.5) is 4.39 Å². The highest BCUT2D eigenvalue weighted by Crippen LogP contribution is 2.49. The number of carbonyl (C=O) groups excluding carboxylic acids is 1. The summed E-state index contributed by atoms with van der Waals surface area (Å²) in [6, 6.07) is 4.87. The fraction of sp³-hybridized carbons (Fsp3) is 0.429. The van der Waals surface area contributed by atoms with Crippen molar-refractivity contribution in [3.05, 3.63) is 63.2 Å². The van der Waals surface area contributed by atoms with Crippen LogP contribution in [0.1, 0.15) is 60.7 Å². The van der Waals surface area contributed by atoms with Crippen molar-refractivity contribution in [1.29, 1.82) is 0 Å². The second kappa shape index (κ2) is 5.38. The lowest BCUT2D eigenvalue weighted by Crippen LogP contribution is -2.32. The number of Topliss-reactive ketones (excluding diaryl/α,β-unsaturated/α-hetero) is 1. The van der Waals surface area contributed by atoms with Crippen molar-refractivity contribution in [2.45, 2.75) is 52.9 Å². The Hall–Kier alpha value is -2.23. The average Bonchev–Trinajstić information content (AvgIpc) is 2.85. The van der Waals surface area contributed by atoms with E-state index >= 15 is 0 Å². The number of nitrogens with one attached hydrogen (secondary N) is 1. The van der Waals surface area contributed by atoms with Gasteiger partial charge in [0.05, 0.1) is 5.69 Å². The standard InChI is InChI=1S/C21H23FN2O/c1-11-7-14(22)5-6-15(11)20-18-12(2)23-24-16(18)8-13-9-21(3,4)10-17(25)19(13)20/h5-7,20H,8-10H2,1-4H3,(H,23,24). The summed E-state index contributed by atoms with van der Waals surface area (Å²) in [7, 11) is 0. The van der Waals surface area contributed by atoms with Crippen molar-refractivity contribution in [3.63, 3.8) is 0 Å². The molecule has 0 saturated carbocycles. The summed E-state index contributed by atoms with van der Waals surface area (Å²) in [4.78, 5) is 13.1. The minimum Gasteiger partial charge on any atom is -0.294 e. The largest absolute Gasteiger partial charge is 0.294 e. The average molecular weight is 338 g/mol. The molecule has 2 aliphatic carbocycles. The molecule has 1 N–H and O–H groups in total. The van der Waals surface area contributed by atoms with Gasteiger partial charge in [-0.15, -0.1) is 0 Å². The number of aryl methyl sites for hydroxylation is 2. The molecular weight excluding hydrogens is 315 g/mol. The first-order valence-corrected chi connectivity index (χ1v) is 8.82. The third-order valence-electron chi connectivity index (χ3n) is 5.59. The fourth-order valence-corrected chi connectivity index (χ4v) is 4.61. The van der Waals surface area contributed by atoms with Gasteiger partial charge in [0.1, 0.15) is 5.82 Å². The maximum atomic E-state index is 13.6. The first-order chi connectivity index (χ1) is 11.8. The van der Waals surface area contributed by atoms with Crippen LogP contribution < -0.4 is 0 Å². The van der Waals surface area contributed by atoms with Crippen molar-refractivity contribution in [2.75, 3.05) is 0 Å². The van der Waals surface area contributed by atoms with Crippen LogP contribution in [-0.4, -0.2) is 16.0 Å². The van der Waals surface area contributed by atoms with Gasteiger partial charge in [-0.2, -0.15) is 5.10 Å². The maximum Gasteiger partial charge on any atom is 0.160 e. The molecule has 25 heavy (non-hydrogen) atoms. The predicted molar refractivity (Wildman–Crippen MR) is 95.1 cm³/mol. The molecular formula is C21H23FN2O. The number of halogens is 1. The monoisotopic (exact) mass is 338 g/mol. The van der Waals surface area contributed by atoms with Gasteiger partial charge >= 0.3 is 0 Å². The lowest BCUT2D eigenvalue weighted by Gasteiger charge is -2.38. The Labute approximate surface area is 147 Å². The van der Waals surface area contributed by atoms with Crippen molar-refractivity contribution >= 4 is 5.78 Å². The molecule has 1 unspecified atom stereocenters. The van der Waals surface area contributed by atoms with Gasteiger partial charge in [0, 0.05) is 35.6 Å². The van der Waals surface area contributed by atoms with E-state index in [2.05, 4.69) is 24.0 Å². The molecule has 4 rings (SSSR count). The molecule has 4 heteroatoms. The molecule has 2 aliphatic rings. The third-order valence-corrected chi connectivity index (χ3v) is 5.59. The third kappa shape index (κ3) is 2.55. The minimum atomic E-state index is -0.244. The van der Waals surface area contributed by atoms with Gasteiger partial charge in [0.15, 0.2) is 5.78 Å². The predicted octanol–water partition coefficient (Wildman–Crippen LogP) is 4.54. The number of nitrogens with zero attached hydrogens (tertiary/aromatic N) is 1. The Morgan fingerprint density at radius 2 is 2.00 bits per heavy atom. The van der Waals surface area contributed by atoms with E-state index in [0.29, 0.717) is 6.42 Å². The summed E-state index contributed by atoms with van der Waals surface area (Å²) in [6.07, 6.45) is 2.21. The zero-order valence-electron chi connectivity index (χ0n) is 15.2. The number of fused-ring (bicyclic) bond motifs is 1. The Balaban J connectivity index is 1.96. The summed E-state index contributed by atoms with van der Waals surface area (Å²) in [5.74, 6) is -0.153. The van der Waals surface area contributed by atoms with Gasteiger partial charge in [-0.3, -0.25) is 9.89 Å². The van der Waals surface area contributed by atoms with Crippen molar-refractivity contribution in [1.82, 2.24) is 10.2 Å². The number of aromatic nitrogens is 2. The molecule has 0 spiro atoms. The van der Waals surface area contributed by atoms with E-state index in [1.54, 1.807) is 6.07 Å². The first-order valence-electron chi connectivity index (χ1n) is 8.82. The van der Waals surface area contributed by atoms with Crippen molar-refractivity contribution < 1.29 is 9.18 Å². The van der Waals surface area contributed by atoms with E-state index in [0.717, 1.165) is 46.5 Å². The molecule has 1 aromatic carbocycles. The number of ketones is 1. The molecule has 0 fully saturated rings. The van der Waals surface area contributed by atoms with Gasteiger partial charge in [-0.05, 0) is 48.9 Å². The zero-order chi connectivity index (χ0) is 17.9. The summed E-state index contributed by atoms with van der Waals surface area (Å²) in [5, 5.41) is 7.59. The molecule has 0 amide bonds. The number of rotatable bonds is 1. The Bertz CT molecular complexity index is 920. The highest BCUT2D eigenvalue weighted by Gasteiger charge is 2.42. The fourth-order valence-electron chi connectivity index (χ4n) is 4.61. The quantitative estimate of drug-likeness (QED) is 0.830. The Kier molecular flexibility index (Phi) is 3.50. The van der Waals surface area contributed by atoms with E-state index < -0.39 is 0 Å². The molecule has 1 aromatic heterocycles. The van der Waals surface area contributed by atoms with Gasteiger partial charge < -0.3 is 0 Å². The molecule has 0 bridgehead atoms. The van der Waals surface area contributed by atoms with Crippen LogP contribution in [0.25, 0.3) is 0 Å². The Morgan fingerprint density at radius 3 is 2.72 bits per heavy atom. The zero-order valence-corrected chi connectivity index (χ0v) is 15.2. The van der Waals surface area contributed by atoms with E-state index in [9.17, 15) is 9.18 Å². The van der Waals surface area contributed by atoms with Crippen molar-refractivity contribution in [2.24, 2.45) is 5.41 Å². The SMILES string of the molecule is Cc1cc(F)ccc1C1C2=C(Cc3n[nH]c(C)c31)CC(C)(C)CC2=O. The smallest absolute Gasteiger partial charge is 0.160 e. The van der Waals surface area contributed by atoms with Gasteiger partial charge in [0.25, 0.3) is 0 Å². The van der Waals surface area contributed by atoms with Crippen LogP contribution in [-0.2, 0) is 11.2 Å². The second-order valence-corrected chi connectivity index (χ2v) is 8.28. The molecule has 0 saturated heterocycles. The molecule has 2 aromatic rings. The van der Waals surface area contributed by atoms with Crippen LogP contribution in [0.5, 0.6) is 0 Å². The summed E-state index contributed by atoms with van der Waals surface area (Å²) in [6.45, 7) is 8.22. The number of allylic oxidation sites excluding steroid dienone is 2. The summed E-state index contributed by atoms with van der Waals surface area (Å²) >= 11 is 0. The highest BCUT2D eigenvalue weighted by molar-refractivity contribution is 6.00. The minimum absolute atomic E-state index is 0.0127. The lowest BCUT2D eigenvalue weighted by atomic mass is 9.64. The normalized spacial score (nSPS) is 22.0. The van der Waals surface area contributed by atoms with Crippen LogP contribution in [0, 0.1) is 25.1 Å². The number of H-pyrrole nitrogens is 1. The molecule has 130 valence electrons. The van der Waals surface area contributed by atoms with Crippen LogP contribution >= 0.6 is 0 Å². The number of hydrogen-bond donors (Lipinski definition) is 1. The highest BCUT2D eigenvalue weighted by atomic mass is 19.1. The lowest BCUT2D eigenvalue weighted by molar-refractivity contribution is -0.118. The molecule has 1 heterocycles. The van der Waals surface area contributed by atoms with E-state index in [-0.39, 0.29) is 22.9 Å². The van der Waals surface area contributed by atoms with Crippen molar-refractivity contribution in [3.8, 4) is 0 Å². The van der Waals surface area contributed by atoms with Crippen LogP contribution in [0.2, 0.25) is 0 Å². The number of hydrogen-bond acceptors (Lipinski definition) is 2. The number of benzene rings is 1. The van der Waals surface area contributed by atoms with Crippen LogP contribution in [0.3, 0.4) is 0 Å². The first kappa shape index (κ1) is 16.2. The molecule has 1 atom stereocenters. The molecule has 3 nitrogen and oxygen atoms in total. The van der Waals surface area contributed by atoms with Crippen LogP contribution in [0.15, 0.2) is 29.3 Å². The molecule has 0 radical (unpaired) electrons. The Morgan fingerprint density at radius 1 is 1.24 bits per heavy atom. The van der Waals surface area contributed by atoms with E-state index in [1.807, 2.05) is 19.9 Å². The summed E-state index contributed by atoms with van der Waals surface area (Å²) in [5.41, 5.74) is 7.11. The maximum absolute atomic E-state index is 13.6. The topological polar surface area (TPSA) is 45.8 Å². The van der Waals surface area contributed by atoms with E-state index in [4.69, 9.17) is 0 Å².